The Morgan fingerprint density at radius 2 is 1.25 bits per heavy atom. The molecule has 0 aliphatic carbocycles. The van der Waals surface area contributed by atoms with Gasteiger partial charge in [0.25, 0.3) is 0 Å². The molecule has 0 rings (SSSR count). The molecule has 0 fully saturated rings. The van der Waals surface area contributed by atoms with Crippen LogP contribution in [0, 0.1) is 0 Å². The lowest BCUT2D eigenvalue weighted by molar-refractivity contribution is 0.630. The van der Waals surface area contributed by atoms with Crippen LogP contribution in [0.3, 0.4) is 0 Å². The third-order valence-corrected chi connectivity index (χ3v) is 0. The Kier molecular flexibility index (Phi) is 24.3. The monoisotopic (exact) mass is 95.9 g/mol. The average Bonchev–Trinajstić information content (AvgIpc) is 0.918. The van der Waals surface area contributed by atoms with Crippen LogP contribution in [0.15, 0.2) is 0 Å². The molecule has 0 spiro atoms. The van der Waals surface area contributed by atoms with Gasteiger partial charge < -0.3 is 0 Å². The lowest BCUT2D eigenvalue weighted by atomic mass is 15.9. The predicted octanol–water partition coefficient (Wildman–Crippen LogP) is -0.0220. The average molecular weight is 96.1 g/mol. The van der Waals surface area contributed by atoms with Crippen molar-refractivity contribution in [2.75, 3.05) is 0 Å². The van der Waals surface area contributed by atoms with E-state index in [4.69, 9.17) is 8.42 Å². The topological polar surface area (TPSA) is 34.1 Å². The Balaban J connectivity index is 0. The maximum Gasteiger partial charge on any atom is 9.00 e. The lowest BCUT2D eigenvalue weighted by Gasteiger charge is -0.947. The lowest BCUT2D eigenvalue weighted by Crippen LogP contribution is -1.18. The first-order chi connectivity index (χ1) is 1.41. The van der Waals surface area contributed by atoms with Crippen LogP contribution in [0.2, 0.25) is 0 Å². The van der Waals surface area contributed by atoms with Gasteiger partial charge in [-0.05, 0) is 0 Å². The predicted molar refractivity (Wildman–Crippen MR) is 16.5 cm³/mol. The van der Waals surface area contributed by atoms with Crippen molar-refractivity contribution in [3.05, 3.63) is 0 Å². The summed E-state index contributed by atoms with van der Waals surface area (Å²) in [5.74, 6) is 0. The van der Waals surface area contributed by atoms with E-state index in [1.54, 1.807) is 0 Å². The first-order valence-corrected chi connectivity index (χ1v) is 1.00. The molecule has 0 saturated carbocycles. The highest BCUT2D eigenvalue weighted by molar-refractivity contribution is 7.59. The first kappa shape index (κ1) is 8.90. The van der Waals surface area contributed by atoms with E-state index in [-0.39, 0.29) is 13.5 Å². The summed E-state index contributed by atoms with van der Waals surface area (Å²) in [5.41, 5.74) is 0. The molecule has 0 saturated heterocycles. The van der Waals surface area contributed by atoms with Gasteiger partial charge >= 0.3 is 25.1 Å². The van der Waals surface area contributed by atoms with Gasteiger partial charge in [0.15, 0.2) is 0 Å². The van der Waals surface area contributed by atoms with Crippen LogP contribution in [0.25, 0.3) is 0 Å². The van der Waals surface area contributed by atoms with Crippen LogP contribution in [0.5, 0.6) is 0 Å². The molecule has 0 aromatic rings. The molecule has 0 aromatic carbocycles. The Hall–Kier alpha value is 0.170. The highest BCUT2D eigenvalue weighted by atomic mass is 32.1. The van der Waals surface area contributed by atoms with Crippen LogP contribution in [0.1, 0.15) is 0 Å². The summed E-state index contributed by atoms with van der Waals surface area (Å²) in [6, 6.07) is 0. The molecule has 0 aliphatic rings. The minimum Gasteiger partial charge on any atom is -0.168 e. The molecule has 15 valence electrons. The van der Waals surface area contributed by atoms with Gasteiger partial charge in [0.05, 0.1) is 0 Å². The summed E-state index contributed by atoms with van der Waals surface area (Å²) < 4.78 is 16.6. The quantitative estimate of drug-likeness (QED) is 0.424. The summed E-state index contributed by atoms with van der Waals surface area (Å²) in [5, 5.41) is 0. The number of rotatable bonds is 0. The van der Waals surface area contributed by atoms with Crippen molar-refractivity contribution in [3.63, 3.8) is 0 Å². The summed E-state index contributed by atoms with van der Waals surface area (Å²) in [7, 11) is 0. The van der Waals surface area contributed by atoms with E-state index in [1.165, 1.54) is 0 Å². The fourth-order valence-electron chi connectivity index (χ4n) is 0. The fraction of sp³-hybridized carbons (Fsp3) is 0. The largest absolute Gasteiger partial charge is 9.00 e. The van der Waals surface area contributed by atoms with Gasteiger partial charge in [-0.3, -0.25) is 0 Å². The van der Waals surface area contributed by atoms with Crippen molar-refractivity contribution in [2.45, 2.75) is 0 Å². The van der Waals surface area contributed by atoms with Crippen molar-refractivity contribution in [1.82, 2.24) is 0 Å². The third kappa shape index (κ3) is 103. The second-order valence-electron chi connectivity index (χ2n) is 0.0680. The third-order valence-electron chi connectivity index (χ3n) is 0. The summed E-state index contributed by atoms with van der Waals surface area (Å²) in [4.78, 5) is 0. The number of hydrogen-bond donors (Lipinski definition) is 0. The molecule has 0 aliphatic heterocycles. The molecule has 11 radical (unpaired) electrons. The van der Waals surface area contributed by atoms with E-state index in [2.05, 4.69) is 0 Å². The van der Waals surface area contributed by atoms with Gasteiger partial charge in [-0.15, -0.1) is 0 Å². The van der Waals surface area contributed by atoms with E-state index in [9.17, 15) is 0 Å². The minimum absolute atomic E-state index is 0. The molecule has 2 nitrogen and oxygen atoms in total. The minimum atomic E-state index is -0.750. The molecule has 4 heavy (non-hydrogen) atoms. The number of hydrogen-bond acceptors (Lipinski definition) is 2. The first-order valence-electron chi connectivity index (χ1n) is 0.333. The van der Waals surface area contributed by atoms with Crippen molar-refractivity contribution < 1.29 is 8.42 Å². The molecule has 0 bridgehead atoms. The van der Waals surface area contributed by atoms with E-state index >= 15 is 0 Å². The molecular formula is O2S2+9. The van der Waals surface area contributed by atoms with E-state index in [1.807, 2.05) is 0 Å². The zero-order valence-electron chi connectivity index (χ0n) is 1.63. The Morgan fingerprint density at radius 3 is 1.25 bits per heavy atom. The maximum absolute atomic E-state index is 8.29. The highest BCUT2D eigenvalue weighted by Gasteiger charge is 9.00. The molecule has 0 N–H and O–H groups in total. The maximum atomic E-state index is 8.29. The second-order valence-corrected chi connectivity index (χ2v) is 0.204. The Labute approximate surface area is 34.3 Å². The Morgan fingerprint density at radius 1 is 1.25 bits per heavy atom. The summed E-state index contributed by atoms with van der Waals surface area (Å²) in [6.07, 6.45) is 0. The zero-order valence-corrected chi connectivity index (χ0v) is 3.27. The van der Waals surface area contributed by atoms with Crippen LogP contribution < -0.4 is 0 Å². The second kappa shape index (κ2) is 10.9. The van der Waals surface area contributed by atoms with E-state index in [0.717, 1.165) is 0 Å². The zero-order chi connectivity index (χ0) is 2.71. The molecular weight excluding hydrogens is 96.1 g/mol. The van der Waals surface area contributed by atoms with Gasteiger partial charge in [0, 0.05) is 0 Å². The molecule has 0 heterocycles. The standard InChI is InChI=1S/O2S.S/c1-3-2;/q;+9. The summed E-state index contributed by atoms with van der Waals surface area (Å²) in [6.45, 7) is 0. The van der Waals surface area contributed by atoms with Gasteiger partial charge in [-0.1, -0.05) is 0 Å². The van der Waals surface area contributed by atoms with Gasteiger partial charge in [-0.25, -0.2) is 0 Å². The highest BCUT2D eigenvalue weighted by Crippen LogP contribution is 0.846. The van der Waals surface area contributed by atoms with Crippen molar-refractivity contribution in [1.29, 1.82) is 0 Å². The van der Waals surface area contributed by atoms with Crippen LogP contribution in [-0.4, -0.2) is 8.42 Å². The molecule has 0 unspecified atom stereocenters. The summed E-state index contributed by atoms with van der Waals surface area (Å²) >= 11 is -0.750. The van der Waals surface area contributed by atoms with Crippen molar-refractivity contribution in [3.8, 4) is 0 Å². The molecule has 0 aromatic heterocycles. The van der Waals surface area contributed by atoms with Crippen molar-refractivity contribution in [2.24, 2.45) is 0 Å². The fourth-order valence-corrected chi connectivity index (χ4v) is 0. The van der Waals surface area contributed by atoms with Gasteiger partial charge in [-0.2, -0.15) is 8.42 Å². The SMILES string of the molecule is O=S=O.[S+9]. The van der Waals surface area contributed by atoms with Crippen LogP contribution in [0.4, 0.5) is 0 Å². The normalized spacial score (nSPS) is 3.00. The molecule has 0 atom stereocenters. The van der Waals surface area contributed by atoms with Gasteiger partial charge in [0.2, 0.25) is 0 Å². The van der Waals surface area contributed by atoms with Crippen LogP contribution >= 0.6 is 13.5 Å². The van der Waals surface area contributed by atoms with Crippen molar-refractivity contribution >= 4 is 25.1 Å². The van der Waals surface area contributed by atoms with Gasteiger partial charge in [0.1, 0.15) is 0 Å². The molecule has 4 heteroatoms. The smallest absolute Gasteiger partial charge is 0.168 e. The Bertz CT molecular complexity index is 25.0. The molecule has 0 amide bonds. The van der Waals surface area contributed by atoms with E-state index < -0.39 is 11.6 Å². The van der Waals surface area contributed by atoms with E-state index in [0.29, 0.717) is 0 Å². The van der Waals surface area contributed by atoms with Crippen LogP contribution in [-0.2, 0) is 11.6 Å².